The third kappa shape index (κ3) is 3.22. The van der Waals surface area contributed by atoms with E-state index in [0.29, 0.717) is 27.0 Å². The van der Waals surface area contributed by atoms with Crippen LogP contribution < -0.4 is 11.3 Å². The smallest absolute Gasteiger partial charge is 0.288 e. The van der Waals surface area contributed by atoms with Crippen LogP contribution in [-0.2, 0) is 5.54 Å². The van der Waals surface area contributed by atoms with Crippen molar-refractivity contribution in [1.29, 1.82) is 0 Å². The number of aromatic nitrogens is 2. The molecule has 5 nitrogen and oxygen atoms in total. The molecule has 2 aromatic carbocycles. The molecule has 1 aliphatic rings. The summed E-state index contributed by atoms with van der Waals surface area (Å²) in [6.07, 6.45) is -2.48. The first kappa shape index (κ1) is 20.5. The van der Waals surface area contributed by atoms with E-state index in [1.165, 1.54) is 0 Å². The van der Waals surface area contributed by atoms with Crippen molar-refractivity contribution in [3.8, 4) is 22.5 Å². The van der Waals surface area contributed by atoms with Gasteiger partial charge in [-0.1, -0.05) is 54.6 Å². The fraction of sp³-hybridized carbons (Fsp3) is 0.250. The van der Waals surface area contributed by atoms with Crippen LogP contribution >= 0.6 is 0 Å². The second-order valence-corrected chi connectivity index (χ2v) is 8.10. The summed E-state index contributed by atoms with van der Waals surface area (Å²) in [6.45, 7) is 0. The van der Waals surface area contributed by atoms with Crippen LogP contribution in [0.15, 0.2) is 70.1 Å². The zero-order chi connectivity index (χ0) is 22.5. The number of benzene rings is 2. The topological polar surface area (TPSA) is 74.0 Å². The lowest BCUT2D eigenvalue weighted by atomic mass is 9.72. The van der Waals surface area contributed by atoms with Crippen molar-refractivity contribution in [2.75, 3.05) is 0 Å². The Morgan fingerprint density at radius 2 is 1.69 bits per heavy atom. The van der Waals surface area contributed by atoms with Gasteiger partial charge in [-0.05, 0) is 30.4 Å². The highest BCUT2D eigenvalue weighted by Crippen LogP contribution is 2.42. The van der Waals surface area contributed by atoms with Gasteiger partial charge in [0.2, 0.25) is 12.0 Å². The summed E-state index contributed by atoms with van der Waals surface area (Å²) in [5.74, 6) is 0.354. The third-order valence-electron chi connectivity index (χ3n) is 6.14. The maximum atomic E-state index is 14.0. The highest BCUT2D eigenvalue weighted by atomic mass is 19.3. The minimum Gasteiger partial charge on any atom is -0.437 e. The molecule has 164 valence electrons. The molecule has 0 amide bonds. The zero-order valence-corrected chi connectivity index (χ0v) is 17.0. The Kier molecular flexibility index (Phi) is 4.89. The van der Waals surface area contributed by atoms with Gasteiger partial charge in [-0.15, -0.1) is 0 Å². The van der Waals surface area contributed by atoms with Crippen LogP contribution in [0, 0.1) is 0 Å². The van der Waals surface area contributed by atoms with E-state index in [1.807, 2.05) is 30.3 Å². The second kappa shape index (κ2) is 7.63. The van der Waals surface area contributed by atoms with Crippen molar-refractivity contribution in [2.45, 2.75) is 37.5 Å². The summed E-state index contributed by atoms with van der Waals surface area (Å²) in [4.78, 5) is 17.0. The number of nitrogens with two attached hydrogens (primary N) is 1. The molecule has 2 heterocycles. The van der Waals surface area contributed by atoms with Gasteiger partial charge in [0.25, 0.3) is 12.0 Å². The van der Waals surface area contributed by atoms with Crippen molar-refractivity contribution >= 4 is 11.1 Å². The number of hydrogen-bond acceptors (Lipinski definition) is 4. The Hall–Kier alpha value is -3.39. The van der Waals surface area contributed by atoms with Crippen LogP contribution in [0.25, 0.3) is 33.6 Å². The minimum atomic E-state index is -3.36. The van der Waals surface area contributed by atoms with Gasteiger partial charge in [-0.3, -0.25) is 9.36 Å². The van der Waals surface area contributed by atoms with Crippen LogP contribution in [0.4, 0.5) is 13.2 Å². The quantitative estimate of drug-likeness (QED) is 0.452. The third-order valence-corrected chi connectivity index (χ3v) is 6.14. The van der Waals surface area contributed by atoms with E-state index in [-0.39, 0.29) is 16.6 Å². The molecule has 0 spiro atoms. The molecule has 1 aliphatic carbocycles. The Balaban J connectivity index is 1.72. The van der Waals surface area contributed by atoms with E-state index >= 15 is 0 Å². The van der Waals surface area contributed by atoms with E-state index < -0.39 is 18.3 Å². The average molecular weight is 439 g/mol. The predicted octanol–water partition coefficient (Wildman–Crippen LogP) is 5.39. The molecule has 1 unspecified atom stereocenters. The summed E-state index contributed by atoms with van der Waals surface area (Å²) in [5.41, 5.74) is 7.82. The first-order chi connectivity index (χ1) is 15.4. The summed E-state index contributed by atoms with van der Waals surface area (Å²) >= 11 is 0. The number of halogens is 3. The Morgan fingerprint density at radius 3 is 2.28 bits per heavy atom. The predicted molar refractivity (Wildman–Crippen MR) is 115 cm³/mol. The fourth-order valence-corrected chi connectivity index (χ4v) is 4.19. The lowest BCUT2D eigenvalue weighted by molar-refractivity contribution is 0.00565. The second-order valence-electron chi connectivity index (χ2n) is 8.10. The molecule has 1 saturated carbocycles. The molecule has 5 rings (SSSR count). The summed E-state index contributed by atoms with van der Waals surface area (Å²) in [7, 11) is 0. The first-order valence-electron chi connectivity index (χ1n) is 10.3. The largest absolute Gasteiger partial charge is 0.437 e. The van der Waals surface area contributed by atoms with Crippen molar-refractivity contribution in [3.63, 3.8) is 0 Å². The van der Waals surface area contributed by atoms with Crippen molar-refractivity contribution < 1.29 is 17.6 Å². The van der Waals surface area contributed by atoms with Crippen molar-refractivity contribution in [1.82, 2.24) is 9.55 Å². The van der Waals surface area contributed by atoms with Crippen LogP contribution in [0.5, 0.6) is 0 Å². The van der Waals surface area contributed by atoms with Gasteiger partial charge >= 0.3 is 0 Å². The fourth-order valence-electron chi connectivity index (χ4n) is 4.19. The summed E-state index contributed by atoms with van der Waals surface area (Å²) in [6, 6.07) is 16.5. The molecule has 32 heavy (non-hydrogen) atoms. The van der Waals surface area contributed by atoms with Gasteiger partial charge in [0.1, 0.15) is 17.5 Å². The molecule has 0 saturated heterocycles. The van der Waals surface area contributed by atoms with E-state index in [0.717, 1.165) is 31.2 Å². The van der Waals surface area contributed by atoms with E-state index in [2.05, 4.69) is 4.98 Å². The van der Waals surface area contributed by atoms with Gasteiger partial charge in [0.15, 0.2) is 0 Å². The van der Waals surface area contributed by atoms with Gasteiger partial charge in [-0.2, -0.15) is 0 Å². The molecule has 1 atom stereocenters. The molecule has 0 radical (unpaired) electrons. The van der Waals surface area contributed by atoms with Gasteiger partial charge < -0.3 is 10.2 Å². The monoisotopic (exact) mass is 439 g/mol. The number of furan rings is 1. The number of nitrogens with zero attached hydrogens (tertiary/aromatic N) is 2. The summed E-state index contributed by atoms with van der Waals surface area (Å²) in [5, 5.41) is -0.0460. The highest BCUT2D eigenvalue weighted by molar-refractivity contribution is 5.99. The molecule has 0 bridgehead atoms. The average Bonchev–Trinajstić information content (AvgIpc) is 3.18. The maximum Gasteiger partial charge on any atom is 0.288 e. The maximum absolute atomic E-state index is 14.0. The number of fused-ring (bicyclic) bond motifs is 1. The number of hydrogen-bond donors (Lipinski definition) is 1. The highest BCUT2D eigenvalue weighted by Gasteiger charge is 2.34. The van der Waals surface area contributed by atoms with Crippen molar-refractivity contribution in [3.05, 3.63) is 76.8 Å². The van der Waals surface area contributed by atoms with Gasteiger partial charge in [0.05, 0.1) is 0 Å². The van der Waals surface area contributed by atoms with Crippen LogP contribution in [0.1, 0.15) is 31.1 Å². The standard InChI is InChI=1S/C24H20F3N3O2/c25-20(26)21(27)30-13-29-22-18(23(30)31)17(14-5-2-1-3-6-14)19(32-22)15-7-9-16(10-8-15)24(28)11-4-12-24/h1-3,5-10,13,20-21H,4,11-12,28H2. The first-order valence-corrected chi connectivity index (χ1v) is 10.3. The Labute approximate surface area is 181 Å². The lowest BCUT2D eigenvalue weighted by Gasteiger charge is -2.38. The normalized spacial score (nSPS) is 16.3. The lowest BCUT2D eigenvalue weighted by Crippen LogP contribution is -2.43. The van der Waals surface area contributed by atoms with Crippen LogP contribution in [0.2, 0.25) is 0 Å². The van der Waals surface area contributed by atoms with Crippen LogP contribution in [0.3, 0.4) is 0 Å². The summed E-state index contributed by atoms with van der Waals surface area (Å²) < 4.78 is 46.2. The molecule has 0 aliphatic heterocycles. The van der Waals surface area contributed by atoms with E-state index in [9.17, 15) is 18.0 Å². The minimum absolute atomic E-state index is 0.0417. The molecule has 2 N–H and O–H groups in total. The molecular weight excluding hydrogens is 419 g/mol. The van der Waals surface area contributed by atoms with Crippen molar-refractivity contribution in [2.24, 2.45) is 5.73 Å². The molecule has 2 aromatic heterocycles. The van der Waals surface area contributed by atoms with Gasteiger partial charge in [0, 0.05) is 16.7 Å². The van der Waals surface area contributed by atoms with E-state index in [4.69, 9.17) is 10.2 Å². The molecular formula is C24H20F3N3O2. The zero-order valence-electron chi connectivity index (χ0n) is 17.0. The van der Waals surface area contributed by atoms with Crippen LogP contribution in [-0.4, -0.2) is 16.0 Å². The van der Waals surface area contributed by atoms with Gasteiger partial charge in [-0.25, -0.2) is 18.2 Å². The number of alkyl halides is 3. The number of rotatable bonds is 5. The molecule has 8 heteroatoms. The SMILES string of the molecule is NC1(c2ccc(-c3oc4ncn(C(F)C(F)F)c(=O)c4c3-c3ccccc3)cc2)CCC1. The Bertz CT molecular complexity index is 1330. The Morgan fingerprint density at radius 1 is 1.00 bits per heavy atom. The molecule has 1 fully saturated rings. The van der Waals surface area contributed by atoms with E-state index in [1.54, 1.807) is 24.3 Å². The molecule has 4 aromatic rings.